The lowest BCUT2D eigenvalue weighted by molar-refractivity contribution is -0.137. The third-order valence-corrected chi connectivity index (χ3v) is 8.05. The lowest BCUT2D eigenvalue weighted by atomic mass is 9.97. The van der Waals surface area contributed by atoms with Crippen LogP contribution in [0.15, 0.2) is 41.8 Å². The first-order chi connectivity index (χ1) is 15.7. The molecule has 11 heteroatoms. The monoisotopic (exact) mass is 512 g/mol. The van der Waals surface area contributed by atoms with Crippen LogP contribution in [0.2, 0.25) is 0 Å². The Bertz CT molecular complexity index is 1130. The van der Waals surface area contributed by atoms with Gasteiger partial charge in [0, 0.05) is 32.6 Å². The van der Waals surface area contributed by atoms with E-state index in [2.05, 4.69) is 20.2 Å². The summed E-state index contributed by atoms with van der Waals surface area (Å²) in [6.07, 6.45) is 2.71. The summed E-state index contributed by atoms with van der Waals surface area (Å²) in [6, 6.07) is 5.78. The average Bonchev–Trinajstić information content (AvgIpc) is 3.06. The summed E-state index contributed by atoms with van der Waals surface area (Å²) < 4.78 is 42.2. The number of halogens is 4. The van der Waals surface area contributed by atoms with Gasteiger partial charge in [-0.25, -0.2) is 0 Å². The highest BCUT2D eigenvalue weighted by Gasteiger charge is 2.57. The normalized spacial score (nSPS) is 22.3. The molecule has 0 bridgehead atoms. The van der Waals surface area contributed by atoms with E-state index in [-0.39, 0.29) is 17.8 Å². The molecule has 3 heterocycles. The maximum Gasteiger partial charge on any atom is 0.416 e. The van der Waals surface area contributed by atoms with Crippen LogP contribution in [-0.2, 0) is 20.3 Å². The van der Waals surface area contributed by atoms with E-state index in [1.165, 1.54) is 12.1 Å². The fraction of sp³-hybridized carbons (Fsp3) is 0.522. The van der Waals surface area contributed by atoms with Gasteiger partial charge in [-0.2, -0.15) is 18.3 Å². The van der Waals surface area contributed by atoms with Crippen molar-refractivity contribution in [3.63, 3.8) is 0 Å². The summed E-state index contributed by atoms with van der Waals surface area (Å²) in [5.74, 6) is 2.17. The Hall–Kier alpha value is -2.04. The molecule has 1 aliphatic carbocycles. The van der Waals surface area contributed by atoms with Gasteiger partial charge in [-0.1, -0.05) is 23.9 Å². The lowest BCUT2D eigenvalue weighted by Crippen LogP contribution is -2.23. The van der Waals surface area contributed by atoms with Crippen LogP contribution in [-0.4, -0.2) is 54.8 Å². The molecule has 1 spiro atoms. The maximum absolute atomic E-state index is 12.8. The smallest absolute Gasteiger partial charge is 0.305 e. The van der Waals surface area contributed by atoms with Gasteiger partial charge < -0.3 is 9.47 Å². The second-order valence-corrected chi connectivity index (χ2v) is 10.3. The molecule has 0 radical (unpaired) electrons. The van der Waals surface area contributed by atoms with Crippen molar-refractivity contribution in [2.45, 2.75) is 36.5 Å². The topological polar surface area (TPSA) is 51.8 Å². The van der Waals surface area contributed by atoms with Crippen molar-refractivity contribution >= 4 is 24.2 Å². The minimum Gasteiger partial charge on any atom is -0.305 e. The van der Waals surface area contributed by atoms with E-state index in [4.69, 9.17) is 0 Å². The number of aromatic nitrogens is 5. The number of aryl methyl sites for hydroxylation is 1. The van der Waals surface area contributed by atoms with E-state index in [1.54, 1.807) is 34.8 Å². The quantitative estimate of drug-likeness (QED) is 0.329. The van der Waals surface area contributed by atoms with Crippen molar-refractivity contribution in [3.05, 3.63) is 47.8 Å². The fourth-order valence-corrected chi connectivity index (χ4v) is 5.86. The molecule has 1 saturated carbocycles. The number of benzene rings is 1. The van der Waals surface area contributed by atoms with Gasteiger partial charge in [0.15, 0.2) is 11.0 Å². The zero-order chi connectivity index (χ0) is 23.2. The number of nitrogens with zero attached hydrogens (tertiary/aromatic N) is 6. The van der Waals surface area contributed by atoms with Crippen LogP contribution < -0.4 is 0 Å². The van der Waals surface area contributed by atoms with Crippen LogP contribution in [0.3, 0.4) is 0 Å². The van der Waals surface area contributed by atoms with Crippen LogP contribution in [0, 0.1) is 5.41 Å². The van der Waals surface area contributed by atoms with E-state index in [9.17, 15) is 13.2 Å². The molecule has 2 aromatic heterocycles. The van der Waals surface area contributed by atoms with E-state index in [1.807, 2.05) is 24.9 Å². The number of hydrogen-bond donors (Lipinski definition) is 0. The Morgan fingerprint density at radius 3 is 2.59 bits per heavy atom. The number of hydrogen-bond acceptors (Lipinski definition) is 5. The molecule has 2 fully saturated rings. The first kappa shape index (κ1) is 25.1. The minimum absolute atomic E-state index is 0. The third kappa shape index (κ3) is 4.99. The van der Waals surface area contributed by atoms with E-state index >= 15 is 0 Å². The van der Waals surface area contributed by atoms with Gasteiger partial charge in [0.1, 0.15) is 0 Å². The lowest BCUT2D eigenvalue weighted by Gasteiger charge is -2.16. The van der Waals surface area contributed by atoms with E-state index < -0.39 is 11.7 Å². The van der Waals surface area contributed by atoms with E-state index in [0.29, 0.717) is 5.92 Å². The summed E-state index contributed by atoms with van der Waals surface area (Å²) in [7, 11) is 3.86. The van der Waals surface area contributed by atoms with Gasteiger partial charge in [0.05, 0.1) is 17.3 Å². The van der Waals surface area contributed by atoms with Crippen molar-refractivity contribution in [2.24, 2.45) is 19.5 Å². The van der Waals surface area contributed by atoms with E-state index in [0.717, 1.165) is 66.8 Å². The number of rotatable bonds is 7. The van der Waals surface area contributed by atoms with Gasteiger partial charge in [0.25, 0.3) is 0 Å². The Labute approximate surface area is 207 Å². The van der Waals surface area contributed by atoms with Crippen LogP contribution in [0.1, 0.15) is 36.3 Å². The summed E-state index contributed by atoms with van der Waals surface area (Å²) in [5.41, 5.74) is 1.69. The van der Waals surface area contributed by atoms with Crippen LogP contribution in [0.4, 0.5) is 13.2 Å². The van der Waals surface area contributed by atoms with Gasteiger partial charge in [-0.05, 0) is 61.4 Å². The van der Waals surface area contributed by atoms with Gasteiger partial charge >= 0.3 is 6.18 Å². The van der Waals surface area contributed by atoms with Crippen LogP contribution in [0.5, 0.6) is 0 Å². The maximum atomic E-state index is 12.8. The van der Waals surface area contributed by atoms with Gasteiger partial charge in [-0.3, -0.25) is 4.68 Å². The van der Waals surface area contributed by atoms with Crippen molar-refractivity contribution < 1.29 is 13.2 Å². The third-order valence-electron chi connectivity index (χ3n) is 6.94. The van der Waals surface area contributed by atoms with Crippen molar-refractivity contribution in [2.75, 3.05) is 25.4 Å². The Morgan fingerprint density at radius 2 is 1.91 bits per heavy atom. The highest BCUT2D eigenvalue weighted by Crippen LogP contribution is 2.64. The predicted octanol–water partition coefficient (Wildman–Crippen LogP) is 5.02. The molecule has 1 saturated heterocycles. The van der Waals surface area contributed by atoms with Gasteiger partial charge in [0.2, 0.25) is 0 Å². The Balaban J connectivity index is 0.00000274. The molecule has 1 aliphatic heterocycles. The number of thioether (sulfide) groups is 1. The molecule has 2 aliphatic rings. The Morgan fingerprint density at radius 1 is 1.15 bits per heavy atom. The minimum atomic E-state index is -4.27. The molecule has 1 aromatic carbocycles. The molecule has 34 heavy (non-hydrogen) atoms. The average molecular weight is 513 g/mol. The largest absolute Gasteiger partial charge is 0.416 e. The molecular weight excluding hydrogens is 485 g/mol. The summed E-state index contributed by atoms with van der Waals surface area (Å²) in [6.45, 7) is 3.14. The highest BCUT2D eigenvalue weighted by molar-refractivity contribution is 7.99. The number of likely N-dealkylation sites (tertiary alicyclic amines) is 1. The molecule has 0 amide bonds. The second-order valence-electron chi connectivity index (χ2n) is 9.23. The SMILES string of the molecule is Cl.Cn1cc(-c2nnc(SCCCN3CCC4(CC4c4ccc(C(F)(F)F)cc4)C3)n2C)cn1. The molecule has 184 valence electrons. The Kier molecular flexibility index (Phi) is 7.04. The van der Waals surface area contributed by atoms with Crippen molar-refractivity contribution in [3.8, 4) is 11.4 Å². The van der Waals surface area contributed by atoms with Crippen molar-refractivity contribution in [1.82, 2.24) is 29.4 Å². The fourth-order valence-electron chi connectivity index (χ4n) is 5.03. The summed E-state index contributed by atoms with van der Waals surface area (Å²) in [5, 5.41) is 13.7. The molecule has 5 rings (SSSR count). The second kappa shape index (κ2) is 9.54. The first-order valence-electron chi connectivity index (χ1n) is 11.2. The van der Waals surface area contributed by atoms with Crippen molar-refractivity contribution in [1.29, 1.82) is 0 Å². The van der Waals surface area contributed by atoms with Gasteiger partial charge in [-0.15, -0.1) is 22.6 Å². The molecule has 3 aromatic rings. The molecule has 6 nitrogen and oxygen atoms in total. The zero-order valence-electron chi connectivity index (χ0n) is 19.1. The predicted molar refractivity (Wildman–Crippen MR) is 128 cm³/mol. The molecule has 0 N–H and O–H groups in total. The van der Waals surface area contributed by atoms with Crippen LogP contribution in [0.25, 0.3) is 11.4 Å². The molecular formula is C23H28ClF3N6S. The van der Waals surface area contributed by atoms with Crippen LogP contribution >= 0.6 is 24.2 Å². The molecule has 2 atom stereocenters. The summed E-state index contributed by atoms with van der Waals surface area (Å²) in [4.78, 5) is 2.50. The molecule has 2 unspecified atom stereocenters. The summed E-state index contributed by atoms with van der Waals surface area (Å²) >= 11 is 1.71. The first-order valence-corrected chi connectivity index (χ1v) is 12.1. The number of alkyl halides is 3. The standard InChI is InChI=1S/C23H27F3N6S.ClH/c1-30-14-17(13-27-30)20-28-29-21(31(20)2)33-11-3-9-32-10-8-22(15-32)12-19(22)16-4-6-18(7-5-16)23(24,25)26;/h4-7,13-14,19H,3,8-12,15H2,1-2H3;1H. The zero-order valence-corrected chi connectivity index (χ0v) is 20.8. The highest BCUT2D eigenvalue weighted by atomic mass is 35.5.